The van der Waals surface area contributed by atoms with E-state index in [2.05, 4.69) is 0 Å². The molecule has 16 heavy (non-hydrogen) atoms. The fourth-order valence-corrected chi connectivity index (χ4v) is 2.43. The molecule has 0 unspecified atom stereocenters. The summed E-state index contributed by atoms with van der Waals surface area (Å²) in [5, 5.41) is 0. The van der Waals surface area contributed by atoms with Gasteiger partial charge in [0.25, 0.3) is 0 Å². The number of alkyl halides is 2. The zero-order valence-corrected chi connectivity index (χ0v) is 9.06. The van der Waals surface area contributed by atoms with Crippen LogP contribution in [0, 0.1) is 12.7 Å². The van der Waals surface area contributed by atoms with E-state index < -0.39 is 17.2 Å². The molecule has 2 N–H and O–H groups in total. The van der Waals surface area contributed by atoms with E-state index >= 15 is 0 Å². The Kier molecular flexibility index (Phi) is 2.49. The second-order valence-electron chi connectivity index (χ2n) is 4.68. The molecule has 4 heteroatoms. The van der Waals surface area contributed by atoms with Gasteiger partial charge in [-0.05, 0) is 18.6 Å². The Morgan fingerprint density at radius 2 is 1.94 bits per heavy atom. The van der Waals surface area contributed by atoms with E-state index in [1.54, 1.807) is 12.1 Å². The van der Waals surface area contributed by atoms with Crippen molar-refractivity contribution in [3.05, 3.63) is 35.1 Å². The van der Waals surface area contributed by atoms with E-state index in [-0.39, 0.29) is 19.4 Å². The lowest BCUT2D eigenvalue weighted by atomic mass is 9.62. The predicted molar refractivity (Wildman–Crippen MR) is 56.1 cm³/mol. The maximum Gasteiger partial charge on any atom is 0.250 e. The zero-order valence-electron chi connectivity index (χ0n) is 9.06. The average Bonchev–Trinajstić information content (AvgIpc) is 2.17. The summed E-state index contributed by atoms with van der Waals surface area (Å²) in [6.07, 6.45) is -0.701. The van der Waals surface area contributed by atoms with Crippen LogP contribution >= 0.6 is 0 Å². The summed E-state index contributed by atoms with van der Waals surface area (Å²) < 4.78 is 39.5. The third-order valence-electron chi connectivity index (χ3n) is 3.28. The first kappa shape index (κ1) is 11.5. The van der Waals surface area contributed by atoms with E-state index in [0.717, 1.165) is 5.56 Å². The van der Waals surface area contributed by atoms with Crippen molar-refractivity contribution >= 4 is 0 Å². The molecule has 0 radical (unpaired) electrons. The van der Waals surface area contributed by atoms with Crippen LogP contribution < -0.4 is 5.73 Å². The molecule has 1 aliphatic rings. The average molecular weight is 229 g/mol. The summed E-state index contributed by atoms with van der Waals surface area (Å²) in [4.78, 5) is 0. The number of nitrogens with two attached hydrogens (primary N) is 1. The molecule has 0 aliphatic heterocycles. The highest BCUT2D eigenvalue weighted by Crippen LogP contribution is 2.53. The van der Waals surface area contributed by atoms with E-state index in [1.807, 2.05) is 6.92 Å². The number of halogens is 3. The standard InChI is InChI=1S/C12H14F3N/c1-8-2-3-10(13)9(4-8)11(7-16)5-12(14,15)6-11/h2-4H,5-7,16H2,1H3. The largest absolute Gasteiger partial charge is 0.330 e. The molecule has 0 amide bonds. The molecule has 0 spiro atoms. The fraction of sp³-hybridized carbons (Fsp3) is 0.500. The summed E-state index contributed by atoms with van der Waals surface area (Å²) in [7, 11) is 0. The Morgan fingerprint density at radius 3 is 2.44 bits per heavy atom. The molecular weight excluding hydrogens is 215 g/mol. The van der Waals surface area contributed by atoms with Crippen LogP contribution in [0.25, 0.3) is 0 Å². The summed E-state index contributed by atoms with van der Waals surface area (Å²) in [6, 6.07) is 4.57. The van der Waals surface area contributed by atoms with Crippen LogP contribution in [0.1, 0.15) is 24.0 Å². The minimum absolute atomic E-state index is 0.0585. The molecule has 1 aromatic carbocycles. The van der Waals surface area contributed by atoms with Gasteiger partial charge in [0.1, 0.15) is 5.82 Å². The molecule has 1 saturated carbocycles. The maximum absolute atomic E-state index is 13.6. The molecule has 0 atom stereocenters. The summed E-state index contributed by atoms with van der Waals surface area (Å²) in [5.74, 6) is -3.14. The molecule has 1 nitrogen and oxygen atoms in total. The molecule has 1 aliphatic carbocycles. The van der Waals surface area contributed by atoms with Gasteiger partial charge in [0.2, 0.25) is 5.92 Å². The fourth-order valence-electron chi connectivity index (χ4n) is 2.43. The van der Waals surface area contributed by atoms with Gasteiger partial charge in [0.05, 0.1) is 0 Å². The molecule has 88 valence electrons. The van der Waals surface area contributed by atoms with Crippen molar-refractivity contribution in [3.8, 4) is 0 Å². The van der Waals surface area contributed by atoms with Gasteiger partial charge < -0.3 is 5.73 Å². The van der Waals surface area contributed by atoms with Gasteiger partial charge in [-0.1, -0.05) is 17.7 Å². The predicted octanol–water partition coefficient (Wildman–Crippen LogP) is 2.76. The Balaban J connectivity index is 2.39. The van der Waals surface area contributed by atoms with Crippen LogP contribution in [0.15, 0.2) is 18.2 Å². The molecule has 0 saturated heterocycles. The van der Waals surface area contributed by atoms with Crippen molar-refractivity contribution < 1.29 is 13.2 Å². The molecule has 0 heterocycles. The zero-order chi connectivity index (χ0) is 12.0. The summed E-state index contributed by atoms with van der Waals surface area (Å²) in [6.45, 7) is 1.87. The van der Waals surface area contributed by atoms with Gasteiger partial charge in [-0.25, -0.2) is 13.2 Å². The molecule has 1 aromatic rings. The van der Waals surface area contributed by atoms with Gasteiger partial charge in [0, 0.05) is 24.8 Å². The Labute approximate surface area is 92.5 Å². The second-order valence-corrected chi connectivity index (χ2v) is 4.68. The lowest BCUT2D eigenvalue weighted by molar-refractivity contribution is -0.124. The SMILES string of the molecule is Cc1ccc(F)c(C2(CN)CC(F)(F)C2)c1. The topological polar surface area (TPSA) is 26.0 Å². The summed E-state index contributed by atoms with van der Waals surface area (Å²) >= 11 is 0. The van der Waals surface area contributed by atoms with E-state index in [9.17, 15) is 13.2 Å². The maximum atomic E-state index is 13.6. The van der Waals surface area contributed by atoms with Crippen LogP contribution in [-0.2, 0) is 5.41 Å². The van der Waals surface area contributed by atoms with Crippen LogP contribution in [0.4, 0.5) is 13.2 Å². The summed E-state index contributed by atoms with van der Waals surface area (Å²) in [5.41, 5.74) is 5.86. The first-order valence-corrected chi connectivity index (χ1v) is 5.23. The minimum atomic E-state index is -2.70. The highest BCUT2D eigenvalue weighted by atomic mass is 19.3. The lowest BCUT2D eigenvalue weighted by Gasteiger charge is -2.47. The number of rotatable bonds is 2. The van der Waals surface area contributed by atoms with Crippen molar-refractivity contribution in [3.63, 3.8) is 0 Å². The molecule has 0 aromatic heterocycles. The van der Waals surface area contributed by atoms with Crippen molar-refractivity contribution in [1.29, 1.82) is 0 Å². The van der Waals surface area contributed by atoms with Crippen LogP contribution in [-0.4, -0.2) is 12.5 Å². The van der Waals surface area contributed by atoms with Gasteiger partial charge in [-0.2, -0.15) is 0 Å². The van der Waals surface area contributed by atoms with Crippen molar-refractivity contribution in [2.75, 3.05) is 6.54 Å². The van der Waals surface area contributed by atoms with E-state index in [0.29, 0.717) is 5.56 Å². The highest BCUT2D eigenvalue weighted by molar-refractivity contribution is 5.35. The molecular formula is C12H14F3N. The van der Waals surface area contributed by atoms with Crippen LogP contribution in [0.3, 0.4) is 0 Å². The van der Waals surface area contributed by atoms with Gasteiger partial charge in [-0.3, -0.25) is 0 Å². The van der Waals surface area contributed by atoms with Crippen LogP contribution in [0.5, 0.6) is 0 Å². The second kappa shape index (κ2) is 3.48. The Morgan fingerprint density at radius 1 is 1.31 bits per heavy atom. The van der Waals surface area contributed by atoms with Crippen LogP contribution in [0.2, 0.25) is 0 Å². The number of hydrogen-bond acceptors (Lipinski definition) is 1. The van der Waals surface area contributed by atoms with Gasteiger partial charge in [-0.15, -0.1) is 0 Å². The Hall–Kier alpha value is -1.03. The highest BCUT2D eigenvalue weighted by Gasteiger charge is 2.57. The van der Waals surface area contributed by atoms with Crippen molar-refractivity contribution in [2.24, 2.45) is 5.73 Å². The van der Waals surface area contributed by atoms with Gasteiger partial charge in [0.15, 0.2) is 0 Å². The third-order valence-corrected chi connectivity index (χ3v) is 3.28. The quantitative estimate of drug-likeness (QED) is 0.829. The lowest BCUT2D eigenvalue weighted by Crippen LogP contribution is -2.54. The number of benzene rings is 1. The number of hydrogen-bond donors (Lipinski definition) is 1. The van der Waals surface area contributed by atoms with Gasteiger partial charge >= 0.3 is 0 Å². The smallest absolute Gasteiger partial charge is 0.250 e. The van der Waals surface area contributed by atoms with E-state index in [1.165, 1.54) is 6.07 Å². The molecule has 1 fully saturated rings. The van der Waals surface area contributed by atoms with E-state index in [4.69, 9.17) is 5.73 Å². The monoisotopic (exact) mass is 229 g/mol. The normalized spacial score (nSPS) is 21.6. The number of aryl methyl sites for hydroxylation is 1. The van der Waals surface area contributed by atoms with Crippen molar-refractivity contribution in [1.82, 2.24) is 0 Å². The van der Waals surface area contributed by atoms with Crippen molar-refractivity contribution in [2.45, 2.75) is 31.1 Å². The first-order chi connectivity index (χ1) is 7.38. The third kappa shape index (κ3) is 1.71. The Bertz CT molecular complexity index is 407. The minimum Gasteiger partial charge on any atom is -0.330 e. The molecule has 0 bridgehead atoms. The molecule has 2 rings (SSSR count). The first-order valence-electron chi connectivity index (χ1n) is 5.23.